The zero-order valence-corrected chi connectivity index (χ0v) is 8.61. The topological polar surface area (TPSA) is 78.9 Å². The number of hydroxylamine groups is 1. The van der Waals surface area contributed by atoms with Gasteiger partial charge in [-0.25, -0.2) is 15.1 Å². The van der Waals surface area contributed by atoms with Gasteiger partial charge in [-0.15, -0.1) is 0 Å². The quantitative estimate of drug-likeness (QED) is 0.637. The maximum atomic E-state index is 11.2. The monoisotopic (exact) mass is 204 g/mol. The summed E-state index contributed by atoms with van der Waals surface area (Å²) in [4.78, 5) is 27.2. The third kappa shape index (κ3) is 4.66. The minimum Gasteiger partial charge on any atom is -0.479 e. The van der Waals surface area contributed by atoms with E-state index in [1.165, 1.54) is 4.90 Å². The Morgan fingerprint density at radius 2 is 2.14 bits per heavy atom. The van der Waals surface area contributed by atoms with E-state index in [4.69, 9.17) is 5.11 Å². The second-order valence-corrected chi connectivity index (χ2v) is 2.96. The Kier molecular flexibility index (Phi) is 5.62. The molecular formula is C8H16N2O4. The van der Waals surface area contributed by atoms with Gasteiger partial charge in [-0.1, -0.05) is 6.92 Å². The van der Waals surface area contributed by atoms with Gasteiger partial charge >= 0.3 is 12.0 Å². The van der Waals surface area contributed by atoms with E-state index in [1.54, 1.807) is 7.05 Å². The summed E-state index contributed by atoms with van der Waals surface area (Å²) < 4.78 is 0. The second-order valence-electron chi connectivity index (χ2n) is 2.96. The molecule has 0 spiro atoms. The van der Waals surface area contributed by atoms with Crippen molar-refractivity contribution in [2.24, 2.45) is 0 Å². The molecule has 0 fully saturated rings. The lowest BCUT2D eigenvalue weighted by molar-refractivity contribution is -0.144. The van der Waals surface area contributed by atoms with Crippen LogP contribution < -0.4 is 5.48 Å². The summed E-state index contributed by atoms with van der Waals surface area (Å²) >= 11 is 0. The van der Waals surface area contributed by atoms with Gasteiger partial charge in [0.1, 0.15) is 0 Å². The third-order valence-electron chi connectivity index (χ3n) is 1.93. The van der Waals surface area contributed by atoms with E-state index in [-0.39, 0.29) is 6.04 Å². The number of rotatable bonds is 5. The zero-order valence-electron chi connectivity index (χ0n) is 8.61. The molecule has 0 aromatic rings. The minimum atomic E-state index is -1.13. The van der Waals surface area contributed by atoms with Crippen LogP contribution in [-0.4, -0.2) is 41.7 Å². The second kappa shape index (κ2) is 6.20. The number of carbonyl (C=O) groups is 2. The van der Waals surface area contributed by atoms with Crippen LogP contribution in [0.2, 0.25) is 0 Å². The van der Waals surface area contributed by atoms with Gasteiger partial charge in [0, 0.05) is 13.1 Å². The summed E-state index contributed by atoms with van der Waals surface area (Å²) in [6, 6.07) is -0.357. The van der Waals surface area contributed by atoms with Crippen molar-refractivity contribution >= 4 is 12.0 Å². The maximum Gasteiger partial charge on any atom is 0.341 e. The lowest BCUT2D eigenvalue weighted by Gasteiger charge is -2.23. The summed E-state index contributed by atoms with van der Waals surface area (Å²) in [6.07, 6.45) is 0.822. The molecule has 0 saturated carbocycles. The van der Waals surface area contributed by atoms with Crippen molar-refractivity contribution in [1.29, 1.82) is 0 Å². The molecule has 2 N–H and O–H groups in total. The van der Waals surface area contributed by atoms with Crippen molar-refractivity contribution in [3.63, 3.8) is 0 Å². The molecule has 1 atom stereocenters. The number of carbonyl (C=O) groups excluding carboxylic acids is 1. The molecule has 6 nitrogen and oxygen atoms in total. The average molecular weight is 204 g/mol. The molecule has 0 bridgehead atoms. The molecule has 2 amide bonds. The standard InChI is InChI=1S/C8H16N2O4/c1-4-6(2)10(3)8(13)9-14-5-7(11)12/h6H,4-5H2,1-3H3,(H,9,13)(H,11,12). The molecule has 0 radical (unpaired) electrons. The van der Waals surface area contributed by atoms with Crippen LogP contribution in [-0.2, 0) is 9.63 Å². The first-order valence-corrected chi connectivity index (χ1v) is 4.35. The molecule has 1 unspecified atom stereocenters. The number of hydrogen-bond donors (Lipinski definition) is 2. The number of carboxylic acid groups (broad SMARTS) is 1. The number of amides is 2. The number of urea groups is 1. The van der Waals surface area contributed by atoms with E-state index in [0.29, 0.717) is 0 Å². The van der Waals surface area contributed by atoms with E-state index in [0.717, 1.165) is 6.42 Å². The first-order valence-electron chi connectivity index (χ1n) is 4.35. The van der Waals surface area contributed by atoms with Crippen molar-refractivity contribution < 1.29 is 19.5 Å². The van der Waals surface area contributed by atoms with Crippen molar-refractivity contribution in [3.05, 3.63) is 0 Å². The molecule has 0 aromatic heterocycles. The van der Waals surface area contributed by atoms with Crippen molar-refractivity contribution in [2.75, 3.05) is 13.7 Å². The van der Waals surface area contributed by atoms with Crippen LogP contribution in [0.15, 0.2) is 0 Å². The van der Waals surface area contributed by atoms with Crippen molar-refractivity contribution in [2.45, 2.75) is 26.3 Å². The Morgan fingerprint density at radius 3 is 2.57 bits per heavy atom. The van der Waals surface area contributed by atoms with Crippen LogP contribution in [0, 0.1) is 0 Å². The Bertz CT molecular complexity index is 208. The van der Waals surface area contributed by atoms with Crippen molar-refractivity contribution in [1.82, 2.24) is 10.4 Å². The van der Waals surface area contributed by atoms with Gasteiger partial charge in [-0.2, -0.15) is 0 Å². The van der Waals surface area contributed by atoms with E-state index in [1.807, 2.05) is 19.3 Å². The van der Waals surface area contributed by atoms with Gasteiger partial charge in [-0.05, 0) is 13.3 Å². The van der Waals surface area contributed by atoms with Gasteiger partial charge in [0.25, 0.3) is 0 Å². The summed E-state index contributed by atoms with van der Waals surface area (Å²) in [6.45, 7) is 3.30. The van der Waals surface area contributed by atoms with Crippen LogP contribution in [0.3, 0.4) is 0 Å². The predicted molar refractivity (Wildman–Crippen MR) is 49.6 cm³/mol. The number of aliphatic carboxylic acids is 1. The fraction of sp³-hybridized carbons (Fsp3) is 0.750. The van der Waals surface area contributed by atoms with E-state index < -0.39 is 18.6 Å². The van der Waals surface area contributed by atoms with E-state index in [2.05, 4.69) is 4.84 Å². The van der Waals surface area contributed by atoms with Crippen LogP contribution in [0.25, 0.3) is 0 Å². The maximum absolute atomic E-state index is 11.2. The fourth-order valence-electron chi connectivity index (χ4n) is 0.706. The van der Waals surface area contributed by atoms with Crippen LogP contribution in [0.1, 0.15) is 20.3 Å². The minimum absolute atomic E-state index is 0.0865. The largest absolute Gasteiger partial charge is 0.479 e. The predicted octanol–water partition coefficient (Wildman–Crippen LogP) is 0.442. The normalized spacial score (nSPS) is 11.9. The molecule has 0 aliphatic carbocycles. The average Bonchev–Trinajstić information content (AvgIpc) is 2.14. The summed E-state index contributed by atoms with van der Waals surface area (Å²) in [7, 11) is 1.62. The molecule has 0 aromatic carbocycles. The molecular weight excluding hydrogens is 188 g/mol. The lowest BCUT2D eigenvalue weighted by Crippen LogP contribution is -2.42. The highest BCUT2D eigenvalue weighted by Crippen LogP contribution is 1.99. The van der Waals surface area contributed by atoms with Crippen LogP contribution in [0.4, 0.5) is 4.79 Å². The Balaban J connectivity index is 3.78. The number of nitrogens with one attached hydrogen (secondary N) is 1. The fourth-order valence-corrected chi connectivity index (χ4v) is 0.706. The zero-order chi connectivity index (χ0) is 11.1. The highest BCUT2D eigenvalue weighted by Gasteiger charge is 2.13. The smallest absolute Gasteiger partial charge is 0.341 e. The lowest BCUT2D eigenvalue weighted by atomic mass is 10.2. The van der Waals surface area contributed by atoms with E-state index in [9.17, 15) is 9.59 Å². The summed E-state index contributed by atoms with van der Waals surface area (Å²) in [5.74, 6) is -1.13. The Hall–Kier alpha value is -1.30. The number of hydrogen-bond acceptors (Lipinski definition) is 3. The first kappa shape index (κ1) is 12.7. The van der Waals surface area contributed by atoms with E-state index >= 15 is 0 Å². The SMILES string of the molecule is CCC(C)N(C)C(=O)NOCC(=O)O. The van der Waals surface area contributed by atoms with Crippen molar-refractivity contribution in [3.8, 4) is 0 Å². The third-order valence-corrected chi connectivity index (χ3v) is 1.93. The molecule has 0 saturated heterocycles. The van der Waals surface area contributed by atoms with Crippen LogP contribution in [0.5, 0.6) is 0 Å². The molecule has 0 rings (SSSR count). The highest BCUT2D eigenvalue weighted by atomic mass is 16.7. The Morgan fingerprint density at radius 1 is 1.57 bits per heavy atom. The van der Waals surface area contributed by atoms with Gasteiger partial charge in [0.15, 0.2) is 6.61 Å². The molecule has 6 heteroatoms. The van der Waals surface area contributed by atoms with Gasteiger partial charge in [-0.3, -0.25) is 4.84 Å². The number of nitrogens with zero attached hydrogens (tertiary/aromatic N) is 1. The molecule has 82 valence electrons. The van der Waals surface area contributed by atoms with Gasteiger partial charge in [0.2, 0.25) is 0 Å². The molecule has 14 heavy (non-hydrogen) atoms. The number of carboxylic acids is 1. The highest BCUT2D eigenvalue weighted by molar-refractivity contribution is 5.73. The molecule has 0 aliphatic heterocycles. The van der Waals surface area contributed by atoms with Gasteiger partial charge < -0.3 is 10.0 Å². The molecule has 0 aliphatic rings. The molecule has 0 heterocycles. The van der Waals surface area contributed by atoms with Crippen LogP contribution >= 0.6 is 0 Å². The first-order chi connectivity index (χ1) is 6.49. The summed E-state index contributed by atoms with van der Waals surface area (Å²) in [5, 5.41) is 8.23. The Labute approximate surface area is 82.8 Å². The van der Waals surface area contributed by atoms with Gasteiger partial charge in [0.05, 0.1) is 0 Å². The summed E-state index contributed by atoms with van der Waals surface area (Å²) in [5.41, 5.74) is 2.04.